The Labute approximate surface area is 54.4 Å². The first-order valence-electron chi connectivity index (χ1n) is 2.92. The molecule has 0 amide bonds. The van der Waals surface area contributed by atoms with Gasteiger partial charge in [0, 0.05) is 25.9 Å². The van der Waals surface area contributed by atoms with Crippen LogP contribution in [0.1, 0.15) is 12.8 Å². The van der Waals surface area contributed by atoms with E-state index in [1.165, 1.54) is 0 Å². The van der Waals surface area contributed by atoms with E-state index in [-0.39, 0.29) is 0 Å². The Bertz CT molecular complexity index is 73.1. The van der Waals surface area contributed by atoms with Crippen LogP contribution in [0.5, 0.6) is 0 Å². The van der Waals surface area contributed by atoms with Crippen molar-refractivity contribution in [3.63, 3.8) is 0 Å². The van der Waals surface area contributed by atoms with Crippen molar-refractivity contribution >= 4 is 12.6 Å². The largest absolute Gasteiger partial charge is 0.303 e. The number of hydrogen-bond donors (Lipinski definition) is 0. The van der Waals surface area contributed by atoms with Crippen LogP contribution in [-0.4, -0.2) is 25.7 Å². The lowest BCUT2D eigenvalue weighted by atomic mass is 10.4. The van der Waals surface area contributed by atoms with Crippen LogP contribution >= 0.6 is 0 Å². The first kappa shape index (κ1) is 8.30. The van der Waals surface area contributed by atoms with E-state index in [2.05, 4.69) is 5.32 Å². The smallest absolute Gasteiger partial charge is 0.121 e. The molecule has 0 saturated heterocycles. The van der Waals surface area contributed by atoms with Crippen molar-refractivity contribution in [1.82, 2.24) is 5.32 Å². The summed E-state index contributed by atoms with van der Waals surface area (Å²) in [6.07, 6.45) is 2.59. The minimum Gasteiger partial charge on any atom is -0.303 e. The molecule has 0 saturated carbocycles. The summed E-state index contributed by atoms with van der Waals surface area (Å²) in [5, 5.41) is 3.89. The van der Waals surface area contributed by atoms with Crippen molar-refractivity contribution in [1.29, 1.82) is 0 Å². The van der Waals surface area contributed by atoms with Gasteiger partial charge in [0.25, 0.3) is 0 Å². The summed E-state index contributed by atoms with van der Waals surface area (Å²) in [6.45, 7) is 1.11. The molecule has 3 nitrogen and oxygen atoms in total. The molecule has 0 aliphatic carbocycles. The Hall–Kier alpha value is -0.700. The van der Waals surface area contributed by atoms with Gasteiger partial charge in [-0.2, -0.15) is 0 Å². The molecule has 51 valence electrons. The predicted molar refractivity (Wildman–Crippen MR) is 33.2 cm³/mol. The zero-order valence-corrected chi connectivity index (χ0v) is 5.25. The van der Waals surface area contributed by atoms with E-state index >= 15 is 0 Å². The zero-order valence-electron chi connectivity index (χ0n) is 5.25. The van der Waals surface area contributed by atoms with E-state index in [1.54, 1.807) is 0 Å². The van der Waals surface area contributed by atoms with Gasteiger partial charge in [-0.25, -0.2) is 5.32 Å². The minimum absolute atomic E-state index is 0.471. The topological polar surface area (TPSA) is 48.2 Å². The first-order valence-corrected chi connectivity index (χ1v) is 2.92. The van der Waals surface area contributed by atoms with Crippen LogP contribution in [0.15, 0.2) is 0 Å². The fourth-order valence-corrected chi connectivity index (χ4v) is 0.400. The molecule has 0 aromatic heterocycles. The van der Waals surface area contributed by atoms with Gasteiger partial charge in [-0.15, -0.1) is 0 Å². The number of nitrogens with zero attached hydrogens (tertiary/aromatic N) is 1. The highest BCUT2D eigenvalue weighted by molar-refractivity contribution is 5.50. The summed E-state index contributed by atoms with van der Waals surface area (Å²) >= 11 is 0. The molecule has 0 bridgehead atoms. The Kier molecular flexibility index (Phi) is 6.73. The van der Waals surface area contributed by atoms with Gasteiger partial charge in [0.1, 0.15) is 12.6 Å². The second kappa shape index (κ2) is 7.30. The van der Waals surface area contributed by atoms with E-state index in [4.69, 9.17) is 0 Å². The highest BCUT2D eigenvalue weighted by Gasteiger charge is 1.85. The van der Waals surface area contributed by atoms with Gasteiger partial charge in [0.2, 0.25) is 0 Å². The van der Waals surface area contributed by atoms with Gasteiger partial charge in [-0.05, 0) is 0 Å². The fourth-order valence-electron chi connectivity index (χ4n) is 0.400. The van der Waals surface area contributed by atoms with E-state index in [9.17, 15) is 9.59 Å². The molecular weight excluding hydrogens is 118 g/mol. The quantitative estimate of drug-likeness (QED) is 0.366. The Morgan fingerprint density at radius 2 is 1.44 bits per heavy atom. The summed E-state index contributed by atoms with van der Waals surface area (Å²) in [4.78, 5) is 19.4. The molecule has 0 aromatic rings. The number of carbonyl (C=O) groups excluding carboxylic acids is 2. The minimum atomic E-state index is 0.471. The maximum absolute atomic E-state index is 9.71. The summed E-state index contributed by atoms with van der Waals surface area (Å²) in [5.41, 5.74) is 0. The van der Waals surface area contributed by atoms with E-state index in [0.717, 1.165) is 12.6 Å². The number of carbonyl (C=O) groups is 2. The third kappa shape index (κ3) is 7.30. The maximum atomic E-state index is 9.71. The van der Waals surface area contributed by atoms with Crippen LogP contribution in [0.4, 0.5) is 0 Å². The summed E-state index contributed by atoms with van der Waals surface area (Å²) in [5.74, 6) is 0. The van der Waals surface area contributed by atoms with E-state index in [1.807, 2.05) is 0 Å². The van der Waals surface area contributed by atoms with Crippen LogP contribution in [-0.2, 0) is 9.59 Å². The van der Waals surface area contributed by atoms with Crippen LogP contribution in [0.3, 0.4) is 0 Å². The third-order valence-electron chi connectivity index (χ3n) is 0.810. The van der Waals surface area contributed by atoms with Crippen molar-refractivity contribution in [3.05, 3.63) is 0 Å². The number of aldehydes is 2. The average molecular weight is 128 g/mol. The standard InChI is InChI=1S/C6H10NO2/c8-5-1-3-7-4-2-6-9/h5-6H,1-4H2. The monoisotopic (exact) mass is 128 g/mol. The summed E-state index contributed by atoms with van der Waals surface area (Å²) in [7, 11) is 0. The van der Waals surface area contributed by atoms with Crippen molar-refractivity contribution in [2.45, 2.75) is 12.8 Å². The molecule has 0 heterocycles. The SMILES string of the molecule is O=CCC[N]CCC=O. The average Bonchev–Trinajstić information content (AvgIpc) is 1.89. The Morgan fingerprint density at radius 1 is 1.00 bits per heavy atom. The van der Waals surface area contributed by atoms with Crippen molar-refractivity contribution in [2.75, 3.05) is 13.1 Å². The molecule has 1 radical (unpaired) electrons. The van der Waals surface area contributed by atoms with Crippen LogP contribution < -0.4 is 5.32 Å². The molecule has 0 N–H and O–H groups in total. The highest BCUT2D eigenvalue weighted by Crippen LogP contribution is 1.72. The van der Waals surface area contributed by atoms with Crippen LogP contribution in [0.25, 0.3) is 0 Å². The lowest BCUT2D eigenvalue weighted by molar-refractivity contribution is -0.108. The molecule has 9 heavy (non-hydrogen) atoms. The molecule has 0 aromatic carbocycles. The summed E-state index contributed by atoms with van der Waals surface area (Å²) in [6, 6.07) is 0. The molecule has 0 spiro atoms. The molecule has 0 aliphatic rings. The number of rotatable bonds is 6. The molecule has 0 aliphatic heterocycles. The Morgan fingerprint density at radius 3 is 1.78 bits per heavy atom. The zero-order chi connectivity index (χ0) is 6.95. The molecule has 0 atom stereocenters. The Balaban J connectivity index is 2.74. The van der Waals surface area contributed by atoms with Gasteiger partial charge >= 0.3 is 0 Å². The van der Waals surface area contributed by atoms with Gasteiger partial charge in [-0.1, -0.05) is 0 Å². The summed E-state index contributed by atoms with van der Waals surface area (Å²) < 4.78 is 0. The van der Waals surface area contributed by atoms with Crippen LogP contribution in [0.2, 0.25) is 0 Å². The maximum Gasteiger partial charge on any atom is 0.121 e. The third-order valence-corrected chi connectivity index (χ3v) is 0.810. The van der Waals surface area contributed by atoms with Gasteiger partial charge in [0.05, 0.1) is 0 Å². The molecular formula is C6H10NO2. The normalized spacial score (nSPS) is 8.89. The molecule has 0 fully saturated rings. The molecule has 3 heteroatoms. The molecule has 0 unspecified atom stereocenters. The lowest BCUT2D eigenvalue weighted by Crippen LogP contribution is -2.08. The highest BCUT2D eigenvalue weighted by atomic mass is 16.1. The van der Waals surface area contributed by atoms with Crippen molar-refractivity contribution < 1.29 is 9.59 Å². The lowest BCUT2D eigenvalue weighted by Gasteiger charge is -1.91. The van der Waals surface area contributed by atoms with Crippen LogP contribution in [0, 0.1) is 0 Å². The fraction of sp³-hybridized carbons (Fsp3) is 0.667. The van der Waals surface area contributed by atoms with Crippen molar-refractivity contribution in [2.24, 2.45) is 0 Å². The van der Waals surface area contributed by atoms with E-state index < -0.39 is 0 Å². The number of hydrogen-bond acceptors (Lipinski definition) is 2. The molecule has 0 rings (SSSR count). The second-order valence-electron chi connectivity index (χ2n) is 1.58. The van der Waals surface area contributed by atoms with Gasteiger partial charge in [-0.3, -0.25) is 0 Å². The predicted octanol–water partition coefficient (Wildman–Crippen LogP) is -0.231. The second-order valence-corrected chi connectivity index (χ2v) is 1.58. The van der Waals surface area contributed by atoms with E-state index in [0.29, 0.717) is 25.9 Å². The van der Waals surface area contributed by atoms with Gasteiger partial charge < -0.3 is 9.59 Å². The van der Waals surface area contributed by atoms with Crippen molar-refractivity contribution in [3.8, 4) is 0 Å². The van der Waals surface area contributed by atoms with Gasteiger partial charge in [0.15, 0.2) is 0 Å². The first-order chi connectivity index (χ1) is 4.41.